The van der Waals surface area contributed by atoms with Gasteiger partial charge in [0.15, 0.2) is 0 Å². The van der Waals surface area contributed by atoms with E-state index in [1.807, 2.05) is 0 Å². The summed E-state index contributed by atoms with van der Waals surface area (Å²) in [5.41, 5.74) is 0. The predicted molar refractivity (Wildman–Crippen MR) is 64.8 cm³/mol. The molecule has 0 saturated heterocycles. The van der Waals surface area contributed by atoms with Gasteiger partial charge >= 0.3 is 5.97 Å². The number of carbonyl (C=O) groups excluding carboxylic acids is 1. The predicted octanol–water partition coefficient (Wildman–Crippen LogP) is 0.764. The van der Waals surface area contributed by atoms with Gasteiger partial charge in [0, 0.05) is 19.4 Å². The monoisotopic (exact) mass is 255 g/mol. The van der Waals surface area contributed by atoms with Gasteiger partial charge < -0.3 is 15.5 Å². The summed E-state index contributed by atoms with van der Waals surface area (Å²) < 4.78 is 0. The van der Waals surface area contributed by atoms with Crippen molar-refractivity contribution >= 4 is 11.9 Å². The molecule has 0 aromatic carbocycles. The third-order valence-corrected chi connectivity index (χ3v) is 4.38. The van der Waals surface area contributed by atoms with E-state index in [4.69, 9.17) is 10.2 Å². The van der Waals surface area contributed by atoms with Crippen molar-refractivity contribution in [3.63, 3.8) is 0 Å². The van der Waals surface area contributed by atoms with Crippen LogP contribution in [0.25, 0.3) is 0 Å². The maximum Gasteiger partial charge on any atom is 0.326 e. The lowest BCUT2D eigenvalue weighted by Gasteiger charge is -2.22. The molecule has 2 aliphatic rings. The highest BCUT2D eigenvalue weighted by Gasteiger charge is 2.40. The lowest BCUT2D eigenvalue weighted by molar-refractivity contribution is -0.142. The SMILES string of the molecule is O=C(CC1CC2CCC1C2)NC(CCO)C(=O)O. The first-order chi connectivity index (χ1) is 8.60. The fourth-order valence-corrected chi connectivity index (χ4v) is 3.50. The number of carboxylic acid groups (broad SMARTS) is 1. The van der Waals surface area contributed by atoms with Crippen molar-refractivity contribution in [1.82, 2.24) is 5.32 Å². The molecular formula is C13H21NO4. The van der Waals surface area contributed by atoms with E-state index in [9.17, 15) is 9.59 Å². The normalized spacial score (nSPS) is 31.3. The Bertz CT molecular complexity index is 331. The third kappa shape index (κ3) is 3.02. The minimum Gasteiger partial charge on any atom is -0.480 e. The van der Waals surface area contributed by atoms with Crippen LogP contribution in [0.4, 0.5) is 0 Å². The van der Waals surface area contributed by atoms with Crippen molar-refractivity contribution in [2.24, 2.45) is 17.8 Å². The molecule has 18 heavy (non-hydrogen) atoms. The molecule has 4 atom stereocenters. The third-order valence-electron chi connectivity index (χ3n) is 4.38. The van der Waals surface area contributed by atoms with Crippen molar-refractivity contribution in [3.05, 3.63) is 0 Å². The van der Waals surface area contributed by atoms with Gasteiger partial charge in [-0.1, -0.05) is 6.42 Å². The molecule has 0 spiro atoms. The molecule has 2 saturated carbocycles. The minimum absolute atomic E-state index is 0.0673. The molecule has 3 N–H and O–H groups in total. The van der Waals surface area contributed by atoms with Gasteiger partial charge in [0.05, 0.1) is 0 Å². The van der Waals surface area contributed by atoms with E-state index in [-0.39, 0.29) is 18.9 Å². The Morgan fingerprint density at radius 1 is 1.28 bits per heavy atom. The summed E-state index contributed by atoms with van der Waals surface area (Å²) in [6.07, 6.45) is 5.40. The molecule has 1 amide bonds. The summed E-state index contributed by atoms with van der Waals surface area (Å²) in [6.45, 7) is -0.231. The number of aliphatic hydroxyl groups excluding tert-OH is 1. The second-order valence-electron chi connectivity index (χ2n) is 5.61. The van der Waals surface area contributed by atoms with Crippen molar-refractivity contribution in [3.8, 4) is 0 Å². The lowest BCUT2D eigenvalue weighted by atomic mass is 9.86. The molecule has 5 heteroatoms. The van der Waals surface area contributed by atoms with Gasteiger partial charge in [-0.15, -0.1) is 0 Å². The summed E-state index contributed by atoms with van der Waals surface area (Å²) in [5.74, 6) is 0.633. The largest absolute Gasteiger partial charge is 0.480 e. The first kappa shape index (κ1) is 13.3. The van der Waals surface area contributed by atoms with E-state index >= 15 is 0 Å². The number of nitrogens with one attached hydrogen (secondary N) is 1. The molecular weight excluding hydrogens is 234 g/mol. The Balaban J connectivity index is 1.79. The standard InChI is InChI=1S/C13H21NO4/c15-4-3-11(13(17)18)14-12(16)7-10-6-8-1-2-9(10)5-8/h8-11,15H,1-7H2,(H,14,16)(H,17,18). The van der Waals surface area contributed by atoms with E-state index in [1.165, 1.54) is 19.3 Å². The Hall–Kier alpha value is -1.10. The van der Waals surface area contributed by atoms with Crippen LogP contribution >= 0.6 is 0 Å². The Labute approximate surface area is 107 Å². The second kappa shape index (κ2) is 5.69. The van der Waals surface area contributed by atoms with Crippen LogP contribution in [0.1, 0.15) is 38.5 Å². The quantitative estimate of drug-likeness (QED) is 0.654. The summed E-state index contributed by atoms with van der Waals surface area (Å²) in [6, 6.07) is -0.957. The summed E-state index contributed by atoms with van der Waals surface area (Å²) >= 11 is 0. The topological polar surface area (TPSA) is 86.6 Å². The summed E-state index contributed by atoms with van der Waals surface area (Å²) in [7, 11) is 0. The Morgan fingerprint density at radius 3 is 2.56 bits per heavy atom. The van der Waals surface area contributed by atoms with Crippen LogP contribution in [-0.2, 0) is 9.59 Å². The molecule has 0 heterocycles. The van der Waals surface area contributed by atoms with Crippen LogP contribution in [0.5, 0.6) is 0 Å². The van der Waals surface area contributed by atoms with E-state index < -0.39 is 12.0 Å². The molecule has 4 unspecified atom stereocenters. The van der Waals surface area contributed by atoms with Crippen molar-refractivity contribution < 1.29 is 19.8 Å². The fraction of sp³-hybridized carbons (Fsp3) is 0.846. The van der Waals surface area contributed by atoms with E-state index in [0.717, 1.165) is 12.3 Å². The van der Waals surface area contributed by atoms with Gasteiger partial charge in [0.2, 0.25) is 5.91 Å². The van der Waals surface area contributed by atoms with Crippen LogP contribution in [0.2, 0.25) is 0 Å². The zero-order valence-corrected chi connectivity index (χ0v) is 10.5. The van der Waals surface area contributed by atoms with Gasteiger partial charge in [0.25, 0.3) is 0 Å². The van der Waals surface area contributed by atoms with Crippen molar-refractivity contribution in [1.29, 1.82) is 0 Å². The van der Waals surface area contributed by atoms with Gasteiger partial charge in [-0.05, 0) is 37.0 Å². The molecule has 0 radical (unpaired) electrons. The highest BCUT2D eigenvalue weighted by molar-refractivity contribution is 5.83. The number of carboxylic acids is 1. The smallest absolute Gasteiger partial charge is 0.326 e. The number of aliphatic hydroxyl groups is 1. The average Bonchev–Trinajstić information content (AvgIpc) is 2.90. The van der Waals surface area contributed by atoms with Gasteiger partial charge in [-0.2, -0.15) is 0 Å². The minimum atomic E-state index is -1.08. The van der Waals surface area contributed by atoms with Crippen LogP contribution in [0.3, 0.4) is 0 Å². The molecule has 2 rings (SSSR count). The zero-order chi connectivity index (χ0) is 13.1. The van der Waals surface area contributed by atoms with Crippen molar-refractivity contribution in [2.75, 3.05) is 6.61 Å². The van der Waals surface area contributed by atoms with Gasteiger partial charge in [-0.25, -0.2) is 4.79 Å². The van der Waals surface area contributed by atoms with Crippen LogP contribution in [0.15, 0.2) is 0 Å². The van der Waals surface area contributed by atoms with Gasteiger partial charge in [-0.3, -0.25) is 4.79 Å². The van der Waals surface area contributed by atoms with E-state index in [0.29, 0.717) is 18.3 Å². The molecule has 0 aliphatic heterocycles. The molecule has 2 fully saturated rings. The molecule has 2 aliphatic carbocycles. The Morgan fingerprint density at radius 2 is 2.06 bits per heavy atom. The number of amides is 1. The summed E-state index contributed by atoms with van der Waals surface area (Å²) in [4.78, 5) is 22.7. The Kier molecular flexibility index (Phi) is 4.22. The van der Waals surface area contributed by atoms with Gasteiger partial charge in [0.1, 0.15) is 6.04 Å². The highest BCUT2D eigenvalue weighted by atomic mass is 16.4. The molecule has 102 valence electrons. The van der Waals surface area contributed by atoms with Crippen molar-refractivity contribution in [2.45, 2.75) is 44.6 Å². The maximum atomic E-state index is 11.8. The second-order valence-corrected chi connectivity index (χ2v) is 5.61. The fourth-order valence-electron chi connectivity index (χ4n) is 3.50. The molecule has 0 aromatic heterocycles. The van der Waals surface area contributed by atoms with E-state index in [1.54, 1.807) is 0 Å². The number of hydrogen-bond donors (Lipinski definition) is 3. The first-order valence-corrected chi connectivity index (χ1v) is 6.73. The number of fused-ring (bicyclic) bond motifs is 2. The number of hydrogen-bond acceptors (Lipinski definition) is 3. The number of aliphatic carboxylic acids is 1. The highest BCUT2D eigenvalue weighted by Crippen LogP contribution is 2.49. The molecule has 0 aromatic rings. The van der Waals surface area contributed by atoms with Crippen LogP contribution in [-0.4, -0.2) is 34.7 Å². The lowest BCUT2D eigenvalue weighted by Crippen LogP contribution is -2.42. The van der Waals surface area contributed by atoms with E-state index in [2.05, 4.69) is 5.32 Å². The summed E-state index contributed by atoms with van der Waals surface area (Å²) in [5, 5.41) is 20.2. The van der Waals surface area contributed by atoms with Crippen LogP contribution in [0, 0.1) is 17.8 Å². The maximum absolute atomic E-state index is 11.8. The average molecular weight is 255 g/mol. The first-order valence-electron chi connectivity index (χ1n) is 6.73. The zero-order valence-electron chi connectivity index (χ0n) is 10.5. The van der Waals surface area contributed by atoms with Crippen LogP contribution < -0.4 is 5.32 Å². The molecule has 2 bridgehead atoms. The molecule has 5 nitrogen and oxygen atoms in total. The number of rotatable bonds is 6. The number of carbonyl (C=O) groups is 2.